The molecule has 0 nitrogen and oxygen atoms in total. The van der Waals surface area contributed by atoms with Crippen molar-refractivity contribution in [3.05, 3.63) is 42.5 Å². The van der Waals surface area contributed by atoms with E-state index in [0.29, 0.717) is 0 Å². The van der Waals surface area contributed by atoms with E-state index in [2.05, 4.69) is 31.2 Å². The second-order valence-corrected chi connectivity index (χ2v) is 7.24. The van der Waals surface area contributed by atoms with Crippen molar-refractivity contribution in [1.82, 2.24) is 0 Å². The fourth-order valence-corrected chi connectivity index (χ4v) is 3.31. The van der Waals surface area contributed by atoms with Crippen LogP contribution in [0.4, 0.5) is 0 Å². The van der Waals surface area contributed by atoms with Crippen LogP contribution in [0.3, 0.4) is 0 Å². The summed E-state index contributed by atoms with van der Waals surface area (Å²) >= 11 is 0. The number of benzene rings is 1. The van der Waals surface area contributed by atoms with Gasteiger partial charge in [0.05, 0.1) is 0 Å². The van der Waals surface area contributed by atoms with Gasteiger partial charge in [-0.3, -0.25) is 0 Å². The Bertz CT molecular complexity index is 390. The van der Waals surface area contributed by atoms with Crippen LogP contribution in [0.15, 0.2) is 30.3 Å². The Morgan fingerprint density at radius 3 is 1.50 bits per heavy atom. The van der Waals surface area contributed by atoms with E-state index in [0.717, 1.165) is 12.0 Å². The van der Waals surface area contributed by atoms with Crippen molar-refractivity contribution in [1.29, 1.82) is 0 Å². The molecule has 24 heavy (non-hydrogen) atoms. The van der Waals surface area contributed by atoms with Crippen LogP contribution in [0.1, 0.15) is 109 Å². The Hall–Kier alpha value is -1.04. The minimum absolute atomic E-state index is 1.04. The smallest absolute Gasteiger partial charge is 0.0225 e. The first-order valence-electron chi connectivity index (χ1n) is 10.5. The summed E-state index contributed by atoms with van der Waals surface area (Å²) in [6, 6.07) is 10.4. The van der Waals surface area contributed by atoms with Crippen molar-refractivity contribution < 1.29 is 0 Å². The molecule has 0 aromatic heterocycles. The topological polar surface area (TPSA) is 0 Å². The first-order valence-corrected chi connectivity index (χ1v) is 10.5. The van der Waals surface area contributed by atoms with Crippen molar-refractivity contribution in [2.24, 2.45) is 0 Å². The highest BCUT2D eigenvalue weighted by molar-refractivity contribution is 5.61. The van der Waals surface area contributed by atoms with Gasteiger partial charge in [-0.2, -0.15) is 0 Å². The molecule has 0 aliphatic heterocycles. The standard InChI is InChI=1S/C24H39/c1-3-4-5-6-7-8-9-10-11-12-13-14-15-17-20-23(2)24-21-18-16-19-22-24/h2,16,18-19,21-22H,3-15,17,20H2,1H3. The molecule has 0 unspecified atom stereocenters. The van der Waals surface area contributed by atoms with Crippen molar-refractivity contribution in [2.45, 2.75) is 103 Å². The number of rotatable bonds is 16. The SMILES string of the molecule is [CH]=C(CCCCCCCCCCCCCCCC)c1ccccc1. The summed E-state index contributed by atoms with van der Waals surface area (Å²) in [4.78, 5) is 0. The zero-order chi connectivity index (χ0) is 17.3. The van der Waals surface area contributed by atoms with Crippen LogP contribution in [-0.4, -0.2) is 0 Å². The summed E-state index contributed by atoms with van der Waals surface area (Å²) in [6.45, 7) is 8.45. The van der Waals surface area contributed by atoms with Gasteiger partial charge in [0, 0.05) is 0 Å². The Morgan fingerprint density at radius 2 is 1.04 bits per heavy atom. The lowest BCUT2D eigenvalue weighted by Gasteiger charge is -2.06. The van der Waals surface area contributed by atoms with E-state index in [1.165, 1.54) is 95.5 Å². The molecule has 135 valence electrons. The van der Waals surface area contributed by atoms with Gasteiger partial charge < -0.3 is 0 Å². The minimum Gasteiger partial charge on any atom is -0.0654 e. The summed E-state index contributed by atoms with van der Waals surface area (Å²) in [5, 5.41) is 0. The first kappa shape index (κ1) is 21.0. The molecule has 0 spiro atoms. The van der Waals surface area contributed by atoms with Crippen LogP contribution < -0.4 is 0 Å². The van der Waals surface area contributed by atoms with Gasteiger partial charge in [0.25, 0.3) is 0 Å². The van der Waals surface area contributed by atoms with Crippen LogP contribution in [0.5, 0.6) is 0 Å². The molecule has 0 N–H and O–H groups in total. The molecule has 1 aromatic rings. The van der Waals surface area contributed by atoms with Gasteiger partial charge in [0.2, 0.25) is 0 Å². The molecule has 0 aliphatic carbocycles. The summed E-state index contributed by atoms with van der Waals surface area (Å²) in [5.41, 5.74) is 2.25. The maximum atomic E-state index is 6.16. The van der Waals surface area contributed by atoms with Crippen LogP contribution in [0, 0.1) is 6.58 Å². The monoisotopic (exact) mass is 327 g/mol. The van der Waals surface area contributed by atoms with Crippen molar-refractivity contribution in [3.8, 4) is 0 Å². The van der Waals surface area contributed by atoms with E-state index in [9.17, 15) is 0 Å². The second-order valence-electron chi connectivity index (χ2n) is 7.24. The highest BCUT2D eigenvalue weighted by Gasteiger charge is 1.98. The Morgan fingerprint density at radius 1 is 0.625 bits per heavy atom. The Kier molecular flexibility index (Phi) is 13.6. The highest BCUT2D eigenvalue weighted by atomic mass is 14.0. The Labute approximate surface area is 151 Å². The number of hydrogen-bond donors (Lipinski definition) is 0. The van der Waals surface area contributed by atoms with E-state index in [4.69, 9.17) is 6.58 Å². The quantitative estimate of drug-likeness (QED) is 0.267. The van der Waals surface area contributed by atoms with E-state index in [1.807, 2.05) is 6.07 Å². The van der Waals surface area contributed by atoms with Crippen LogP contribution >= 0.6 is 0 Å². The lowest BCUT2D eigenvalue weighted by molar-refractivity contribution is 0.536. The lowest BCUT2D eigenvalue weighted by atomic mass is 10.00. The zero-order valence-electron chi connectivity index (χ0n) is 16.1. The van der Waals surface area contributed by atoms with E-state index in [-0.39, 0.29) is 0 Å². The molecular weight excluding hydrogens is 288 g/mol. The van der Waals surface area contributed by atoms with Crippen LogP contribution in [0.25, 0.3) is 5.57 Å². The van der Waals surface area contributed by atoms with Crippen molar-refractivity contribution in [3.63, 3.8) is 0 Å². The predicted octanol–water partition coefficient (Wildman–Crippen LogP) is 8.37. The first-order chi connectivity index (χ1) is 11.8. The molecule has 1 aromatic carbocycles. The minimum atomic E-state index is 1.04. The molecule has 0 bridgehead atoms. The summed E-state index contributed by atoms with van der Waals surface area (Å²) in [6.07, 6.45) is 20.7. The lowest BCUT2D eigenvalue weighted by Crippen LogP contribution is -1.85. The van der Waals surface area contributed by atoms with E-state index < -0.39 is 0 Å². The largest absolute Gasteiger partial charge is 0.0654 e. The molecule has 0 heterocycles. The third-order valence-corrected chi connectivity index (χ3v) is 4.94. The van der Waals surface area contributed by atoms with Crippen molar-refractivity contribution in [2.75, 3.05) is 0 Å². The normalized spacial score (nSPS) is 10.9. The third-order valence-electron chi connectivity index (χ3n) is 4.94. The molecule has 0 saturated heterocycles. The van der Waals surface area contributed by atoms with Crippen LogP contribution in [0.2, 0.25) is 0 Å². The van der Waals surface area contributed by atoms with Gasteiger partial charge in [-0.1, -0.05) is 127 Å². The molecule has 0 heteroatoms. The molecule has 0 amide bonds. The van der Waals surface area contributed by atoms with Gasteiger partial charge >= 0.3 is 0 Å². The number of allylic oxidation sites excluding steroid dienone is 1. The number of hydrogen-bond acceptors (Lipinski definition) is 0. The molecule has 0 saturated carbocycles. The van der Waals surface area contributed by atoms with Gasteiger partial charge in [-0.15, -0.1) is 0 Å². The summed E-state index contributed by atoms with van der Waals surface area (Å²) in [5.74, 6) is 0. The molecule has 1 radical (unpaired) electrons. The molecule has 1 rings (SSSR count). The van der Waals surface area contributed by atoms with Gasteiger partial charge in [0.1, 0.15) is 0 Å². The second kappa shape index (κ2) is 15.5. The van der Waals surface area contributed by atoms with Gasteiger partial charge in [-0.05, 0) is 24.0 Å². The van der Waals surface area contributed by atoms with Gasteiger partial charge in [0.15, 0.2) is 0 Å². The Balaban J connectivity index is 1.80. The average molecular weight is 328 g/mol. The highest BCUT2D eigenvalue weighted by Crippen LogP contribution is 2.19. The molecule has 0 fully saturated rings. The molecular formula is C24H39. The van der Waals surface area contributed by atoms with Crippen LogP contribution in [-0.2, 0) is 0 Å². The number of unbranched alkanes of at least 4 members (excludes halogenated alkanes) is 13. The summed E-state index contributed by atoms with van der Waals surface area (Å²) < 4.78 is 0. The van der Waals surface area contributed by atoms with E-state index >= 15 is 0 Å². The maximum absolute atomic E-state index is 6.16. The third kappa shape index (κ3) is 11.5. The predicted molar refractivity (Wildman–Crippen MR) is 109 cm³/mol. The molecule has 0 aliphatic rings. The fraction of sp³-hybridized carbons (Fsp3) is 0.667. The van der Waals surface area contributed by atoms with Gasteiger partial charge in [-0.25, -0.2) is 0 Å². The average Bonchev–Trinajstić information content (AvgIpc) is 2.62. The fourth-order valence-electron chi connectivity index (χ4n) is 3.31. The van der Waals surface area contributed by atoms with E-state index in [1.54, 1.807) is 0 Å². The molecule has 0 atom stereocenters. The maximum Gasteiger partial charge on any atom is -0.0225 e. The summed E-state index contributed by atoms with van der Waals surface area (Å²) in [7, 11) is 0. The van der Waals surface area contributed by atoms with Crippen molar-refractivity contribution >= 4 is 5.57 Å². The zero-order valence-corrected chi connectivity index (χ0v) is 16.1.